The van der Waals surface area contributed by atoms with E-state index in [1.807, 2.05) is 74.4 Å². The number of nitrogens with one attached hydrogen (secondary N) is 1. The van der Waals surface area contributed by atoms with Crippen LogP contribution in [0.2, 0.25) is 0 Å². The Hall–Kier alpha value is -2.49. The largest absolute Gasteiger partial charge is 0.494 e. The third kappa shape index (κ3) is 4.25. The molecular weight excluding hydrogens is 276 g/mol. The lowest BCUT2D eigenvalue weighted by Gasteiger charge is -2.13. The molecule has 4 nitrogen and oxygen atoms in total. The molecule has 2 rings (SSSR count). The smallest absolute Gasteiger partial charge is 0.251 e. The maximum absolute atomic E-state index is 12.2. The van der Waals surface area contributed by atoms with E-state index in [1.165, 1.54) is 0 Å². The van der Waals surface area contributed by atoms with Crippen molar-refractivity contribution in [3.8, 4) is 5.75 Å². The Balaban J connectivity index is 1.96. The number of carbonyl (C=O) groups is 1. The van der Waals surface area contributed by atoms with Crippen molar-refractivity contribution in [2.75, 3.05) is 25.6 Å². The van der Waals surface area contributed by atoms with Crippen LogP contribution >= 0.6 is 0 Å². The highest BCUT2D eigenvalue weighted by molar-refractivity contribution is 5.95. The Morgan fingerprint density at radius 1 is 1.14 bits per heavy atom. The molecule has 0 aliphatic carbocycles. The van der Waals surface area contributed by atoms with Crippen molar-refractivity contribution >= 4 is 11.6 Å². The fraction of sp³-hybridized carbons (Fsp3) is 0.278. The summed E-state index contributed by atoms with van der Waals surface area (Å²) in [6.45, 7) is 3.10. The number of benzene rings is 2. The van der Waals surface area contributed by atoms with E-state index in [1.54, 1.807) is 0 Å². The van der Waals surface area contributed by atoms with Gasteiger partial charge in [-0.2, -0.15) is 0 Å². The van der Waals surface area contributed by atoms with E-state index < -0.39 is 0 Å². The van der Waals surface area contributed by atoms with Gasteiger partial charge < -0.3 is 15.0 Å². The summed E-state index contributed by atoms with van der Waals surface area (Å²) >= 11 is 0. The summed E-state index contributed by atoms with van der Waals surface area (Å²) in [5, 5.41) is 2.93. The average molecular weight is 298 g/mol. The molecule has 0 heterocycles. The van der Waals surface area contributed by atoms with Gasteiger partial charge in [-0.3, -0.25) is 4.79 Å². The number of carbonyl (C=O) groups excluding carboxylic acids is 1. The second-order valence-corrected chi connectivity index (χ2v) is 5.20. The van der Waals surface area contributed by atoms with Crippen LogP contribution in [0.25, 0.3) is 0 Å². The van der Waals surface area contributed by atoms with Crippen molar-refractivity contribution in [2.45, 2.75) is 13.5 Å². The van der Waals surface area contributed by atoms with Crippen molar-refractivity contribution in [2.24, 2.45) is 0 Å². The first kappa shape index (κ1) is 15.9. The molecule has 0 bridgehead atoms. The standard InChI is InChI=1S/C18H22N2O2/c1-4-22-17-10-8-14(9-11-17)13-19-18(21)15-6-5-7-16(12-15)20(2)3/h5-12H,4,13H2,1-3H3,(H,19,21). The quantitative estimate of drug-likeness (QED) is 0.891. The zero-order valence-corrected chi connectivity index (χ0v) is 13.3. The molecule has 0 atom stereocenters. The van der Waals surface area contributed by atoms with Crippen molar-refractivity contribution in [1.29, 1.82) is 0 Å². The number of nitrogens with zero attached hydrogens (tertiary/aromatic N) is 1. The maximum atomic E-state index is 12.2. The molecule has 0 unspecified atom stereocenters. The minimum absolute atomic E-state index is 0.0717. The molecule has 0 radical (unpaired) electrons. The van der Waals surface area contributed by atoms with Gasteiger partial charge in [-0.1, -0.05) is 18.2 Å². The van der Waals surface area contributed by atoms with Crippen LogP contribution < -0.4 is 15.0 Å². The molecule has 2 aromatic rings. The normalized spacial score (nSPS) is 10.1. The molecule has 1 amide bonds. The molecule has 22 heavy (non-hydrogen) atoms. The number of hydrogen-bond donors (Lipinski definition) is 1. The summed E-state index contributed by atoms with van der Waals surface area (Å²) in [5.74, 6) is 0.772. The van der Waals surface area contributed by atoms with Gasteiger partial charge in [-0.05, 0) is 42.8 Å². The highest BCUT2D eigenvalue weighted by Crippen LogP contribution is 2.14. The summed E-state index contributed by atoms with van der Waals surface area (Å²) in [4.78, 5) is 14.2. The highest BCUT2D eigenvalue weighted by Gasteiger charge is 2.07. The minimum atomic E-state index is -0.0717. The Morgan fingerprint density at radius 3 is 2.50 bits per heavy atom. The average Bonchev–Trinajstić information content (AvgIpc) is 2.54. The zero-order valence-electron chi connectivity index (χ0n) is 13.3. The molecule has 0 aliphatic rings. The number of ether oxygens (including phenoxy) is 1. The molecule has 0 spiro atoms. The topological polar surface area (TPSA) is 41.6 Å². The van der Waals surface area contributed by atoms with Gasteiger partial charge in [0.15, 0.2) is 0 Å². The van der Waals surface area contributed by atoms with Gasteiger partial charge in [-0.15, -0.1) is 0 Å². The monoisotopic (exact) mass is 298 g/mol. The maximum Gasteiger partial charge on any atom is 0.251 e. The van der Waals surface area contributed by atoms with Crippen molar-refractivity contribution in [3.63, 3.8) is 0 Å². The summed E-state index contributed by atoms with van der Waals surface area (Å²) in [7, 11) is 3.91. The summed E-state index contributed by atoms with van der Waals surface area (Å²) < 4.78 is 5.40. The third-order valence-electron chi connectivity index (χ3n) is 3.31. The van der Waals surface area contributed by atoms with Crippen molar-refractivity contribution in [3.05, 3.63) is 59.7 Å². The van der Waals surface area contributed by atoms with Gasteiger partial charge >= 0.3 is 0 Å². The number of rotatable bonds is 6. The fourth-order valence-electron chi connectivity index (χ4n) is 2.08. The molecular formula is C18H22N2O2. The number of amides is 1. The molecule has 2 aromatic carbocycles. The van der Waals surface area contributed by atoms with E-state index in [4.69, 9.17) is 4.74 Å². The molecule has 4 heteroatoms. The van der Waals surface area contributed by atoms with E-state index in [0.29, 0.717) is 18.7 Å². The Morgan fingerprint density at radius 2 is 1.86 bits per heavy atom. The predicted octanol–water partition coefficient (Wildman–Crippen LogP) is 3.08. The second kappa shape index (κ2) is 7.50. The van der Waals surface area contributed by atoms with Crippen LogP contribution in [0.3, 0.4) is 0 Å². The molecule has 116 valence electrons. The van der Waals surface area contributed by atoms with Crippen LogP contribution in [0.5, 0.6) is 5.75 Å². The SMILES string of the molecule is CCOc1ccc(CNC(=O)c2cccc(N(C)C)c2)cc1. The van der Waals surface area contributed by atoms with E-state index in [0.717, 1.165) is 17.0 Å². The predicted molar refractivity (Wildman–Crippen MR) is 89.6 cm³/mol. The minimum Gasteiger partial charge on any atom is -0.494 e. The molecule has 0 aliphatic heterocycles. The van der Waals surface area contributed by atoms with Crippen LogP contribution in [0.4, 0.5) is 5.69 Å². The van der Waals surface area contributed by atoms with Crippen LogP contribution in [0.1, 0.15) is 22.8 Å². The molecule has 0 fully saturated rings. The summed E-state index contributed by atoms with van der Waals surface area (Å²) in [5.41, 5.74) is 2.71. The van der Waals surface area contributed by atoms with Crippen LogP contribution in [0, 0.1) is 0 Å². The van der Waals surface area contributed by atoms with Gasteiger partial charge in [0.1, 0.15) is 5.75 Å². The van der Waals surface area contributed by atoms with Gasteiger partial charge in [0, 0.05) is 31.9 Å². The van der Waals surface area contributed by atoms with Gasteiger partial charge in [-0.25, -0.2) is 0 Å². The van der Waals surface area contributed by atoms with Gasteiger partial charge in [0.05, 0.1) is 6.61 Å². The summed E-state index contributed by atoms with van der Waals surface area (Å²) in [6, 6.07) is 15.3. The first-order valence-corrected chi connectivity index (χ1v) is 7.37. The fourth-order valence-corrected chi connectivity index (χ4v) is 2.08. The first-order chi connectivity index (χ1) is 10.6. The summed E-state index contributed by atoms with van der Waals surface area (Å²) in [6.07, 6.45) is 0. The van der Waals surface area contributed by atoms with Crippen LogP contribution in [-0.4, -0.2) is 26.6 Å². The van der Waals surface area contributed by atoms with Crippen molar-refractivity contribution < 1.29 is 9.53 Å². The van der Waals surface area contributed by atoms with E-state index in [9.17, 15) is 4.79 Å². The van der Waals surface area contributed by atoms with E-state index in [2.05, 4.69) is 5.32 Å². The number of hydrogen-bond acceptors (Lipinski definition) is 3. The molecule has 0 aromatic heterocycles. The Bertz CT molecular complexity index is 621. The molecule has 0 saturated carbocycles. The van der Waals surface area contributed by atoms with E-state index >= 15 is 0 Å². The van der Waals surface area contributed by atoms with Crippen molar-refractivity contribution in [1.82, 2.24) is 5.32 Å². The van der Waals surface area contributed by atoms with Crippen LogP contribution in [-0.2, 0) is 6.54 Å². The third-order valence-corrected chi connectivity index (χ3v) is 3.31. The zero-order chi connectivity index (χ0) is 15.9. The lowest BCUT2D eigenvalue weighted by molar-refractivity contribution is 0.0951. The first-order valence-electron chi connectivity index (χ1n) is 7.37. The lowest BCUT2D eigenvalue weighted by Crippen LogP contribution is -2.23. The lowest BCUT2D eigenvalue weighted by atomic mass is 10.1. The van der Waals surface area contributed by atoms with E-state index in [-0.39, 0.29) is 5.91 Å². The van der Waals surface area contributed by atoms with Crippen LogP contribution in [0.15, 0.2) is 48.5 Å². The Kier molecular flexibility index (Phi) is 5.42. The number of anilines is 1. The molecule has 0 saturated heterocycles. The Labute approximate surface area is 131 Å². The van der Waals surface area contributed by atoms with Gasteiger partial charge in [0.2, 0.25) is 0 Å². The molecule has 1 N–H and O–H groups in total. The highest BCUT2D eigenvalue weighted by atomic mass is 16.5. The van der Waals surface area contributed by atoms with Gasteiger partial charge in [0.25, 0.3) is 5.91 Å². The second-order valence-electron chi connectivity index (χ2n) is 5.20.